The van der Waals surface area contributed by atoms with E-state index in [1.807, 2.05) is 29.2 Å². The van der Waals surface area contributed by atoms with Crippen LogP contribution in [0.3, 0.4) is 0 Å². The van der Waals surface area contributed by atoms with Gasteiger partial charge < -0.3 is 4.90 Å². The number of carbonyl (C=O) groups is 1. The number of benzene rings is 1. The van der Waals surface area contributed by atoms with Crippen molar-refractivity contribution < 1.29 is 4.79 Å². The van der Waals surface area contributed by atoms with Crippen molar-refractivity contribution in [2.24, 2.45) is 0 Å². The predicted molar refractivity (Wildman–Crippen MR) is 77.9 cm³/mol. The molecule has 0 N–H and O–H groups in total. The Hall–Kier alpha value is -2.16. The first kappa shape index (κ1) is 12.9. The molecule has 3 rings (SSSR count). The molecule has 0 fully saturated rings. The number of aromatic nitrogens is 1. The van der Waals surface area contributed by atoms with Crippen LogP contribution in [0.1, 0.15) is 29.7 Å². The third-order valence-corrected chi connectivity index (χ3v) is 3.74. The van der Waals surface area contributed by atoms with Crippen molar-refractivity contribution in [1.82, 2.24) is 9.88 Å². The lowest BCUT2D eigenvalue weighted by molar-refractivity contribution is -0.131. The summed E-state index contributed by atoms with van der Waals surface area (Å²) >= 11 is 0. The van der Waals surface area contributed by atoms with Crippen molar-refractivity contribution in [2.75, 3.05) is 0 Å². The summed E-state index contributed by atoms with van der Waals surface area (Å²) in [6, 6.07) is 14.3. The van der Waals surface area contributed by atoms with Crippen LogP contribution in [0.5, 0.6) is 0 Å². The van der Waals surface area contributed by atoms with Crippen molar-refractivity contribution in [1.29, 1.82) is 0 Å². The molecule has 1 aliphatic heterocycles. The molecule has 0 saturated heterocycles. The Morgan fingerprint density at radius 1 is 1.10 bits per heavy atom. The normalized spacial score (nSPS) is 13.3. The fraction of sp³-hybridized carbons (Fsp3) is 0.294. The van der Waals surface area contributed by atoms with Gasteiger partial charge in [-0.05, 0) is 30.0 Å². The van der Waals surface area contributed by atoms with Crippen LogP contribution in [0.15, 0.2) is 48.7 Å². The maximum absolute atomic E-state index is 12.2. The minimum atomic E-state index is 0.235. The molecule has 0 radical (unpaired) electrons. The van der Waals surface area contributed by atoms with E-state index in [4.69, 9.17) is 0 Å². The van der Waals surface area contributed by atoms with E-state index in [0.717, 1.165) is 18.5 Å². The zero-order valence-electron chi connectivity index (χ0n) is 11.5. The Kier molecular flexibility index (Phi) is 3.77. The van der Waals surface area contributed by atoms with Gasteiger partial charge in [-0.15, -0.1) is 0 Å². The molecule has 1 aromatic heterocycles. The van der Waals surface area contributed by atoms with E-state index in [2.05, 4.69) is 23.2 Å². The first-order valence-corrected chi connectivity index (χ1v) is 7.07. The molecule has 1 amide bonds. The average Bonchev–Trinajstić information content (AvgIpc) is 2.92. The molecule has 1 aromatic carbocycles. The van der Waals surface area contributed by atoms with Crippen LogP contribution < -0.4 is 0 Å². The lowest BCUT2D eigenvalue weighted by Crippen LogP contribution is -2.25. The monoisotopic (exact) mass is 266 g/mol. The summed E-state index contributed by atoms with van der Waals surface area (Å²) in [5.74, 6) is 0.235. The number of aryl methyl sites for hydroxylation is 1. The highest BCUT2D eigenvalue weighted by molar-refractivity contribution is 5.76. The predicted octanol–water partition coefficient (Wildman–Crippen LogP) is 2.95. The molecule has 0 bridgehead atoms. The van der Waals surface area contributed by atoms with E-state index in [1.165, 1.54) is 11.1 Å². The van der Waals surface area contributed by atoms with E-state index < -0.39 is 0 Å². The lowest BCUT2D eigenvalue weighted by atomic mass is 10.1. The Morgan fingerprint density at radius 3 is 2.75 bits per heavy atom. The second kappa shape index (κ2) is 5.87. The largest absolute Gasteiger partial charge is 0.332 e. The van der Waals surface area contributed by atoms with E-state index in [9.17, 15) is 4.79 Å². The van der Waals surface area contributed by atoms with Gasteiger partial charge in [0, 0.05) is 19.2 Å². The van der Waals surface area contributed by atoms with Gasteiger partial charge in [0.25, 0.3) is 0 Å². The number of pyridine rings is 1. The molecule has 0 saturated carbocycles. The molecular formula is C17H18N2O. The summed E-state index contributed by atoms with van der Waals surface area (Å²) in [6.07, 6.45) is 4.28. The number of nitrogens with zero attached hydrogens (tertiary/aromatic N) is 2. The van der Waals surface area contributed by atoms with Crippen molar-refractivity contribution in [3.8, 4) is 0 Å². The summed E-state index contributed by atoms with van der Waals surface area (Å²) in [6.45, 7) is 1.38. The van der Waals surface area contributed by atoms with Gasteiger partial charge in [-0.25, -0.2) is 0 Å². The molecule has 0 unspecified atom stereocenters. The summed E-state index contributed by atoms with van der Waals surface area (Å²) in [7, 11) is 0. The van der Waals surface area contributed by atoms with E-state index in [1.54, 1.807) is 6.20 Å². The number of rotatable bonds is 4. The number of hydrogen-bond acceptors (Lipinski definition) is 2. The van der Waals surface area contributed by atoms with Crippen LogP contribution in [-0.4, -0.2) is 15.8 Å². The quantitative estimate of drug-likeness (QED) is 0.852. The standard InChI is InChI=1S/C17H18N2O/c20-17(10-4-8-14-6-2-1-3-7-14)19-12-15-9-5-11-18-16(15)13-19/h1-3,5-7,9,11H,4,8,10,12-13H2. The molecule has 3 nitrogen and oxygen atoms in total. The molecule has 0 aliphatic carbocycles. The first-order chi connectivity index (χ1) is 9.83. The highest BCUT2D eigenvalue weighted by atomic mass is 16.2. The Balaban J connectivity index is 1.49. The smallest absolute Gasteiger partial charge is 0.223 e. The fourth-order valence-electron chi connectivity index (χ4n) is 2.62. The Bertz CT molecular complexity index is 570. The van der Waals surface area contributed by atoms with Gasteiger partial charge in [0.1, 0.15) is 0 Å². The van der Waals surface area contributed by atoms with Gasteiger partial charge in [0.15, 0.2) is 0 Å². The van der Waals surface area contributed by atoms with Crippen LogP contribution in [0.25, 0.3) is 0 Å². The van der Waals surface area contributed by atoms with Gasteiger partial charge in [0.05, 0.1) is 12.2 Å². The molecule has 102 valence electrons. The van der Waals surface area contributed by atoms with Crippen molar-refractivity contribution >= 4 is 5.91 Å². The van der Waals surface area contributed by atoms with E-state index in [0.29, 0.717) is 19.5 Å². The average molecular weight is 266 g/mol. The summed E-state index contributed by atoms with van der Waals surface area (Å²) in [5, 5.41) is 0. The minimum absolute atomic E-state index is 0.235. The third-order valence-electron chi connectivity index (χ3n) is 3.74. The minimum Gasteiger partial charge on any atom is -0.332 e. The SMILES string of the molecule is O=C(CCCc1ccccc1)N1Cc2cccnc2C1. The molecule has 3 heteroatoms. The van der Waals surface area contributed by atoms with Crippen LogP contribution in [-0.2, 0) is 24.3 Å². The Labute approximate surface area is 119 Å². The zero-order valence-corrected chi connectivity index (χ0v) is 11.5. The maximum atomic E-state index is 12.2. The van der Waals surface area contributed by atoms with E-state index in [-0.39, 0.29) is 5.91 Å². The van der Waals surface area contributed by atoms with Crippen molar-refractivity contribution in [3.63, 3.8) is 0 Å². The van der Waals surface area contributed by atoms with Gasteiger partial charge in [-0.2, -0.15) is 0 Å². The molecule has 0 spiro atoms. The molecule has 2 aromatic rings. The van der Waals surface area contributed by atoms with Crippen LogP contribution >= 0.6 is 0 Å². The van der Waals surface area contributed by atoms with Crippen LogP contribution in [0.2, 0.25) is 0 Å². The second-order valence-electron chi connectivity index (χ2n) is 5.20. The Morgan fingerprint density at radius 2 is 1.95 bits per heavy atom. The number of fused-ring (bicyclic) bond motifs is 1. The van der Waals surface area contributed by atoms with E-state index >= 15 is 0 Å². The van der Waals surface area contributed by atoms with Crippen molar-refractivity contribution in [2.45, 2.75) is 32.4 Å². The molecule has 20 heavy (non-hydrogen) atoms. The number of carbonyl (C=O) groups excluding carboxylic acids is 1. The first-order valence-electron chi connectivity index (χ1n) is 7.07. The second-order valence-corrected chi connectivity index (χ2v) is 5.20. The summed E-state index contributed by atoms with van der Waals surface area (Å²) < 4.78 is 0. The van der Waals surface area contributed by atoms with Gasteiger partial charge >= 0.3 is 0 Å². The molecule has 0 atom stereocenters. The van der Waals surface area contributed by atoms with Crippen LogP contribution in [0.4, 0.5) is 0 Å². The fourth-order valence-corrected chi connectivity index (χ4v) is 2.62. The van der Waals surface area contributed by atoms with Gasteiger partial charge in [-0.3, -0.25) is 9.78 Å². The highest BCUT2D eigenvalue weighted by Gasteiger charge is 2.23. The lowest BCUT2D eigenvalue weighted by Gasteiger charge is -2.14. The summed E-state index contributed by atoms with van der Waals surface area (Å²) in [5.41, 5.74) is 3.53. The maximum Gasteiger partial charge on any atom is 0.223 e. The number of amides is 1. The van der Waals surface area contributed by atoms with Gasteiger partial charge in [-0.1, -0.05) is 36.4 Å². The van der Waals surface area contributed by atoms with Gasteiger partial charge in [0.2, 0.25) is 5.91 Å². The molecular weight excluding hydrogens is 248 g/mol. The van der Waals surface area contributed by atoms with Crippen LogP contribution in [0, 0.1) is 0 Å². The summed E-state index contributed by atoms with van der Waals surface area (Å²) in [4.78, 5) is 18.4. The topological polar surface area (TPSA) is 33.2 Å². The highest BCUT2D eigenvalue weighted by Crippen LogP contribution is 2.21. The van der Waals surface area contributed by atoms with Crippen molar-refractivity contribution in [3.05, 3.63) is 65.5 Å². The zero-order chi connectivity index (χ0) is 13.8. The molecule has 1 aliphatic rings. The molecule has 2 heterocycles. The number of hydrogen-bond donors (Lipinski definition) is 0. The third kappa shape index (κ3) is 2.87.